The molecule has 0 atom stereocenters. The zero-order valence-electron chi connectivity index (χ0n) is 9.45. The van der Waals surface area contributed by atoms with Crippen LogP contribution in [0.25, 0.3) is 0 Å². The first-order valence-corrected chi connectivity index (χ1v) is 5.93. The van der Waals surface area contributed by atoms with E-state index in [2.05, 4.69) is 25.0 Å². The molecule has 1 aromatic carbocycles. The van der Waals surface area contributed by atoms with Crippen LogP contribution in [0.1, 0.15) is 32.6 Å². The van der Waals surface area contributed by atoms with Crippen LogP contribution in [0.3, 0.4) is 0 Å². The van der Waals surface area contributed by atoms with Gasteiger partial charge < -0.3 is 0 Å². The highest BCUT2D eigenvalue weighted by molar-refractivity contribution is 7.80. The number of hydrogen-bond acceptors (Lipinski definition) is 3. The van der Waals surface area contributed by atoms with E-state index in [1.165, 1.54) is 25.7 Å². The lowest BCUT2D eigenvalue weighted by Gasteiger charge is -1.95. The van der Waals surface area contributed by atoms with Gasteiger partial charge in [-0.05, 0) is 18.6 Å². The van der Waals surface area contributed by atoms with Crippen molar-refractivity contribution in [2.45, 2.75) is 37.5 Å². The van der Waals surface area contributed by atoms with Gasteiger partial charge in [-0.1, -0.05) is 44.4 Å². The lowest BCUT2D eigenvalue weighted by atomic mass is 10.2. The van der Waals surface area contributed by atoms with E-state index in [4.69, 9.17) is 5.84 Å². The highest BCUT2D eigenvalue weighted by Crippen LogP contribution is 2.00. The Kier molecular flexibility index (Phi) is 11.2. The fourth-order valence-electron chi connectivity index (χ4n) is 1.08. The molecule has 0 aromatic heterocycles. The minimum atomic E-state index is 0.958. The monoisotopic (exact) mass is 226 g/mol. The van der Waals surface area contributed by atoms with Crippen molar-refractivity contribution >= 4 is 12.6 Å². The fourth-order valence-corrected chi connectivity index (χ4v) is 1.25. The molecule has 15 heavy (non-hydrogen) atoms. The smallest absolute Gasteiger partial charge is 0.00974 e. The van der Waals surface area contributed by atoms with Gasteiger partial charge in [-0.2, -0.15) is 0 Å². The summed E-state index contributed by atoms with van der Waals surface area (Å²) in [5.41, 5.74) is 2.63. The second-order valence-electron chi connectivity index (χ2n) is 3.35. The molecule has 0 saturated carbocycles. The molecule has 3 heteroatoms. The van der Waals surface area contributed by atoms with E-state index >= 15 is 0 Å². The SMILES string of the molecule is CCCCCCNN.Sc1ccccc1. The molecule has 2 nitrogen and oxygen atoms in total. The van der Waals surface area contributed by atoms with Gasteiger partial charge in [0.1, 0.15) is 0 Å². The molecular weight excluding hydrogens is 204 g/mol. The predicted molar refractivity (Wildman–Crippen MR) is 70.0 cm³/mol. The van der Waals surface area contributed by atoms with Crippen molar-refractivity contribution in [3.8, 4) is 0 Å². The fraction of sp³-hybridized carbons (Fsp3) is 0.500. The average molecular weight is 226 g/mol. The molecule has 0 saturated heterocycles. The first-order chi connectivity index (χ1) is 7.31. The normalized spacial score (nSPS) is 9.27. The molecule has 0 bridgehead atoms. The number of nitrogens with one attached hydrogen (secondary N) is 1. The first-order valence-electron chi connectivity index (χ1n) is 5.48. The van der Waals surface area contributed by atoms with Crippen molar-refractivity contribution in [3.63, 3.8) is 0 Å². The summed E-state index contributed by atoms with van der Waals surface area (Å²) in [6, 6.07) is 9.79. The summed E-state index contributed by atoms with van der Waals surface area (Å²) in [6.07, 6.45) is 5.15. The van der Waals surface area contributed by atoms with Crippen LogP contribution in [-0.2, 0) is 0 Å². The average Bonchev–Trinajstić information content (AvgIpc) is 2.27. The van der Waals surface area contributed by atoms with Crippen molar-refractivity contribution in [1.82, 2.24) is 5.43 Å². The van der Waals surface area contributed by atoms with Gasteiger partial charge in [-0.25, -0.2) is 0 Å². The number of hydrazine groups is 1. The molecule has 0 heterocycles. The highest BCUT2D eigenvalue weighted by Gasteiger charge is 1.82. The van der Waals surface area contributed by atoms with Gasteiger partial charge in [0.05, 0.1) is 0 Å². The number of thiol groups is 1. The maximum atomic E-state index is 5.06. The first kappa shape index (κ1) is 14.5. The Labute approximate surface area is 98.6 Å². The summed E-state index contributed by atoms with van der Waals surface area (Å²) < 4.78 is 0. The van der Waals surface area contributed by atoms with Gasteiger partial charge >= 0.3 is 0 Å². The Morgan fingerprint density at radius 3 is 2.20 bits per heavy atom. The molecule has 0 aliphatic rings. The summed E-state index contributed by atoms with van der Waals surface area (Å²) in [6.45, 7) is 3.16. The van der Waals surface area contributed by atoms with E-state index in [1.54, 1.807) is 0 Å². The van der Waals surface area contributed by atoms with Gasteiger partial charge in [0.2, 0.25) is 0 Å². The van der Waals surface area contributed by atoms with E-state index in [1.807, 2.05) is 30.3 Å². The van der Waals surface area contributed by atoms with Crippen molar-refractivity contribution in [3.05, 3.63) is 30.3 Å². The highest BCUT2D eigenvalue weighted by atomic mass is 32.1. The van der Waals surface area contributed by atoms with Crippen molar-refractivity contribution in [2.24, 2.45) is 5.84 Å². The second-order valence-corrected chi connectivity index (χ2v) is 3.87. The van der Waals surface area contributed by atoms with Crippen molar-refractivity contribution < 1.29 is 0 Å². The van der Waals surface area contributed by atoms with Crippen LogP contribution >= 0.6 is 12.6 Å². The Bertz CT molecular complexity index is 208. The standard InChI is InChI=1S/C6H16N2.C6H6S/c1-2-3-4-5-6-8-7;7-6-4-2-1-3-5-6/h8H,2-7H2,1H3;1-5,7H. The van der Waals surface area contributed by atoms with Gasteiger partial charge in [0.25, 0.3) is 0 Å². The maximum absolute atomic E-state index is 5.06. The summed E-state index contributed by atoms with van der Waals surface area (Å²) in [4.78, 5) is 1.02. The van der Waals surface area contributed by atoms with E-state index < -0.39 is 0 Å². The lowest BCUT2D eigenvalue weighted by molar-refractivity contribution is 0.613. The summed E-state index contributed by atoms with van der Waals surface area (Å²) in [7, 11) is 0. The molecule has 86 valence electrons. The molecule has 1 aromatic rings. The zero-order chi connectivity index (χ0) is 11.4. The summed E-state index contributed by atoms with van der Waals surface area (Å²) in [5, 5.41) is 0. The zero-order valence-corrected chi connectivity index (χ0v) is 10.3. The van der Waals surface area contributed by atoms with Crippen LogP contribution in [0, 0.1) is 0 Å². The Morgan fingerprint density at radius 1 is 1.13 bits per heavy atom. The summed E-state index contributed by atoms with van der Waals surface area (Å²) in [5.74, 6) is 5.06. The third-order valence-electron chi connectivity index (χ3n) is 1.93. The van der Waals surface area contributed by atoms with Gasteiger partial charge in [0, 0.05) is 11.4 Å². The largest absolute Gasteiger partial charge is 0.271 e. The van der Waals surface area contributed by atoms with Crippen LogP contribution < -0.4 is 11.3 Å². The molecule has 0 unspecified atom stereocenters. The Morgan fingerprint density at radius 2 is 1.80 bits per heavy atom. The molecule has 1 rings (SSSR count). The Hall–Kier alpha value is -0.510. The van der Waals surface area contributed by atoms with Gasteiger partial charge in [-0.15, -0.1) is 12.6 Å². The molecule has 0 aliphatic carbocycles. The molecule has 0 aliphatic heterocycles. The minimum absolute atomic E-state index is 0.958. The maximum Gasteiger partial charge on any atom is 0.00974 e. The van der Waals surface area contributed by atoms with Crippen molar-refractivity contribution in [2.75, 3.05) is 6.54 Å². The lowest BCUT2D eigenvalue weighted by Crippen LogP contribution is -2.22. The van der Waals surface area contributed by atoms with Crippen LogP contribution in [0.15, 0.2) is 35.2 Å². The number of unbranched alkanes of at least 4 members (excludes halogenated alkanes) is 3. The molecular formula is C12H22N2S. The summed E-state index contributed by atoms with van der Waals surface area (Å²) >= 11 is 4.08. The van der Waals surface area contributed by atoms with Crippen LogP contribution in [0.5, 0.6) is 0 Å². The van der Waals surface area contributed by atoms with Crippen molar-refractivity contribution in [1.29, 1.82) is 0 Å². The van der Waals surface area contributed by atoms with E-state index in [0.717, 1.165) is 11.4 Å². The van der Waals surface area contributed by atoms with E-state index in [9.17, 15) is 0 Å². The number of rotatable bonds is 5. The number of benzene rings is 1. The number of nitrogens with two attached hydrogens (primary N) is 1. The van der Waals surface area contributed by atoms with Crippen LogP contribution in [0.2, 0.25) is 0 Å². The van der Waals surface area contributed by atoms with E-state index in [-0.39, 0.29) is 0 Å². The van der Waals surface area contributed by atoms with Crippen LogP contribution in [0.4, 0.5) is 0 Å². The molecule has 0 fully saturated rings. The molecule has 0 spiro atoms. The predicted octanol–water partition coefficient (Wildman–Crippen LogP) is 3.01. The Balaban J connectivity index is 0.000000262. The molecule has 0 radical (unpaired) electrons. The minimum Gasteiger partial charge on any atom is -0.271 e. The quantitative estimate of drug-likeness (QED) is 0.312. The second kappa shape index (κ2) is 11.6. The third-order valence-corrected chi connectivity index (χ3v) is 2.23. The molecule has 0 amide bonds. The van der Waals surface area contributed by atoms with Gasteiger partial charge in [-0.3, -0.25) is 11.3 Å². The molecule has 3 N–H and O–H groups in total. The topological polar surface area (TPSA) is 38.0 Å². The third kappa shape index (κ3) is 11.4. The van der Waals surface area contributed by atoms with E-state index in [0.29, 0.717) is 0 Å². The number of hydrogen-bond donors (Lipinski definition) is 3. The van der Waals surface area contributed by atoms with Crippen LogP contribution in [-0.4, -0.2) is 6.54 Å². The van der Waals surface area contributed by atoms with Gasteiger partial charge in [0.15, 0.2) is 0 Å².